The van der Waals surface area contributed by atoms with E-state index in [0.717, 1.165) is 12.3 Å². The van der Waals surface area contributed by atoms with Crippen LogP contribution < -0.4 is 4.74 Å². The number of halogens is 3. The smallest absolute Gasteiger partial charge is 0.417 e. The van der Waals surface area contributed by atoms with Crippen LogP contribution in [0.3, 0.4) is 0 Å². The number of ether oxygens (including phenoxy) is 1. The van der Waals surface area contributed by atoms with E-state index in [2.05, 4.69) is 11.1 Å². The summed E-state index contributed by atoms with van der Waals surface area (Å²) in [6.07, 6.45) is -3.64. The molecule has 1 aromatic carbocycles. The van der Waals surface area contributed by atoms with E-state index < -0.39 is 11.7 Å². The molecule has 1 aromatic heterocycles. The lowest BCUT2D eigenvalue weighted by atomic mass is 10.3. The summed E-state index contributed by atoms with van der Waals surface area (Å²) in [7, 11) is 0. The lowest BCUT2D eigenvalue weighted by molar-refractivity contribution is -0.137. The minimum absolute atomic E-state index is 0.115. The second-order valence-corrected chi connectivity index (χ2v) is 3.22. The minimum atomic E-state index is -4.38. The normalized spacial score (nSPS) is 11.2. The zero-order chi connectivity index (χ0) is 12.3. The number of pyridine rings is 1. The molecule has 17 heavy (non-hydrogen) atoms. The highest BCUT2D eigenvalue weighted by molar-refractivity contribution is 5.27. The van der Waals surface area contributed by atoms with Gasteiger partial charge in [0.1, 0.15) is 5.75 Å². The van der Waals surface area contributed by atoms with Crippen LogP contribution in [0.4, 0.5) is 13.2 Å². The zero-order valence-corrected chi connectivity index (χ0v) is 8.53. The van der Waals surface area contributed by atoms with Crippen molar-refractivity contribution in [2.24, 2.45) is 0 Å². The van der Waals surface area contributed by atoms with E-state index >= 15 is 0 Å². The molecule has 1 radical (unpaired) electrons. The molecule has 0 fully saturated rings. The van der Waals surface area contributed by atoms with E-state index in [0.29, 0.717) is 5.75 Å². The first-order valence-corrected chi connectivity index (χ1v) is 4.73. The van der Waals surface area contributed by atoms with Gasteiger partial charge >= 0.3 is 6.18 Å². The largest absolute Gasteiger partial charge is 0.439 e. The van der Waals surface area contributed by atoms with E-state index in [1.807, 2.05) is 0 Å². The molecular weight excluding hydrogens is 231 g/mol. The number of benzene rings is 1. The van der Waals surface area contributed by atoms with Crippen molar-refractivity contribution in [3.05, 3.63) is 54.2 Å². The molecule has 0 aliphatic heterocycles. The Balaban J connectivity index is 2.14. The van der Waals surface area contributed by atoms with Gasteiger partial charge in [0.15, 0.2) is 0 Å². The summed E-state index contributed by atoms with van der Waals surface area (Å²) in [5, 5.41) is 0. The minimum Gasteiger partial charge on any atom is -0.439 e. The van der Waals surface area contributed by atoms with E-state index in [-0.39, 0.29) is 5.88 Å². The van der Waals surface area contributed by atoms with Crippen molar-refractivity contribution in [1.82, 2.24) is 4.98 Å². The van der Waals surface area contributed by atoms with Gasteiger partial charge in [-0.2, -0.15) is 13.2 Å². The second-order valence-electron chi connectivity index (χ2n) is 3.22. The summed E-state index contributed by atoms with van der Waals surface area (Å²) in [5.41, 5.74) is -0.800. The van der Waals surface area contributed by atoms with Gasteiger partial charge in [-0.1, -0.05) is 12.1 Å². The third-order valence-electron chi connectivity index (χ3n) is 1.97. The second kappa shape index (κ2) is 4.45. The maximum absolute atomic E-state index is 12.3. The fourth-order valence-electron chi connectivity index (χ4n) is 1.17. The summed E-state index contributed by atoms with van der Waals surface area (Å²) in [5.74, 6) is 0.611. The number of alkyl halides is 3. The molecule has 0 saturated heterocycles. The topological polar surface area (TPSA) is 22.1 Å². The zero-order valence-electron chi connectivity index (χ0n) is 8.53. The van der Waals surface area contributed by atoms with Crippen LogP contribution in [0, 0.1) is 6.07 Å². The van der Waals surface area contributed by atoms with E-state index in [4.69, 9.17) is 4.74 Å². The summed E-state index contributed by atoms with van der Waals surface area (Å²) in [4.78, 5) is 3.59. The van der Waals surface area contributed by atoms with Crippen molar-refractivity contribution in [1.29, 1.82) is 0 Å². The van der Waals surface area contributed by atoms with Crippen LogP contribution in [0.5, 0.6) is 11.6 Å². The predicted octanol–water partition coefficient (Wildman–Crippen LogP) is 3.69. The van der Waals surface area contributed by atoms with Crippen LogP contribution >= 0.6 is 0 Å². The van der Waals surface area contributed by atoms with Gasteiger partial charge in [0.05, 0.1) is 5.56 Å². The molecule has 0 atom stereocenters. The summed E-state index contributed by atoms with van der Waals surface area (Å²) < 4.78 is 42.0. The monoisotopic (exact) mass is 238 g/mol. The van der Waals surface area contributed by atoms with Crippen LogP contribution in [0.25, 0.3) is 0 Å². The Kier molecular flexibility index (Phi) is 2.99. The highest BCUT2D eigenvalue weighted by atomic mass is 19.4. The molecule has 0 saturated carbocycles. The standard InChI is InChI=1S/C12H7F3NO/c13-12(14,15)9-6-7-11(16-8-9)17-10-4-2-1-3-5-10/h2-8H. The maximum Gasteiger partial charge on any atom is 0.417 e. The number of hydrogen-bond acceptors (Lipinski definition) is 2. The van der Waals surface area contributed by atoms with E-state index in [1.165, 1.54) is 6.07 Å². The van der Waals surface area contributed by atoms with E-state index in [1.54, 1.807) is 24.3 Å². The van der Waals surface area contributed by atoms with Crippen molar-refractivity contribution in [3.63, 3.8) is 0 Å². The molecule has 0 aliphatic carbocycles. The van der Waals surface area contributed by atoms with Gasteiger partial charge in [0, 0.05) is 12.3 Å². The van der Waals surface area contributed by atoms with E-state index in [9.17, 15) is 13.2 Å². The highest BCUT2D eigenvalue weighted by Crippen LogP contribution is 2.29. The molecule has 2 rings (SSSR count). The van der Waals surface area contributed by atoms with Crippen molar-refractivity contribution in [3.8, 4) is 11.6 Å². The van der Waals surface area contributed by atoms with Crippen LogP contribution in [0.15, 0.2) is 42.6 Å². The Labute approximate surface area is 95.7 Å². The summed E-state index contributed by atoms with van der Waals surface area (Å²) in [6, 6.07) is 11.5. The molecule has 2 nitrogen and oxygen atoms in total. The summed E-state index contributed by atoms with van der Waals surface area (Å²) >= 11 is 0. The fraction of sp³-hybridized carbons (Fsp3) is 0.0833. The third-order valence-corrected chi connectivity index (χ3v) is 1.97. The SMILES string of the molecule is FC(F)(F)c1ccc(Oc2cc[c]cc2)nc1. The quantitative estimate of drug-likeness (QED) is 0.795. The molecule has 0 N–H and O–H groups in total. The van der Waals surface area contributed by atoms with Crippen molar-refractivity contribution in [2.75, 3.05) is 0 Å². The third kappa shape index (κ3) is 2.96. The Hall–Kier alpha value is -2.04. The Bertz CT molecular complexity index is 479. The number of hydrogen-bond donors (Lipinski definition) is 0. The van der Waals surface area contributed by atoms with Crippen molar-refractivity contribution in [2.45, 2.75) is 6.18 Å². The van der Waals surface area contributed by atoms with Gasteiger partial charge in [-0.15, -0.1) is 0 Å². The molecule has 0 unspecified atom stereocenters. The lowest BCUT2D eigenvalue weighted by Gasteiger charge is -2.07. The van der Waals surface area contributed by atoms with Crippen LogP contribution in [-0.2, 0) is 6.18 Å². The first-order chi connectivity index (χ1) is 8.05. The van der Waals surface area contributed by atoms with Crippen molar-refractivity contribution >= 4 is 0 Å². The van der Waals surface area contributed by atoms with Gasteiger partial charge in [-0.3, -0.25) is 0 Å². The molecule has 0 bridgehead atoms. The lowest BCUT2D eigenvalue weighted by Crippen LogP contribution is -2.05. The van der Waals surface area contributed by atoms with Crippen LogP contribution in [0.1, 0.15) is 5.56 Å². The number of aromatic nitrogens is 1. The average molecular weight is 238 g/mol. The molecule has 87 valence electrons. The van der Waals surface area contributed by atoms with Gasteiger partial charge in [0.25, 0.3) is 0 Å². The molecule has 2 aromatic rings. The first-order valence-electron chi connectivity index (χ1n) is 4.73. The Morgan fingerprint density at radius 1 is 1.06 bits per heavy atom. The van der Waals surface area contributed by atoms with Gasteiger partial charge < -0.3 is 4.74 Å². The van der Waals surface area contributed by atoms with Gasteiger partial charge in [0.2, 0.25) is 5.88 Å². The average Bonchev–Trinajstić information content (AvgIpc) is 2.30. The molecule has 5 heteroatoms. The predicted molar refractivity (Wildman–Crippen MR) is 54.6 cm³/mol. The molecule has 1 heterocycles. The molecular formula is C12H7F3NO. The molecule has 0 amide bonds. The molecule has 0 spiro atoms. The molecule has 0 aliphatic rings. The maximum atomic E-state index is 12.3. The first kappa shape index (κ1) is 11.4. The summed E-state index contributed by atoms with van der Waals surface area (Å²) in [6.45, 7) is 0. The van der Waals surface area contributed by atoms with Gasteiger partial charge in [-0.05, 0) is 24.3 Å². The van der Waals surface area contributed by atoms with Crippen molar-refractivity contribution < 1.29 is 17.9 Å². The van der Waals surface area contributed by atoms with Crippen LogP contribution in [-0.4, -0.2) is 4.98 Å². The van der Waals surface area contributed by atoms with Gasteiger partial charge in [-0.25, -0.2) is 4.98 Å². The highest BCUT2D eigenvalue weighted by Gasteiger charge is 2.30. The van der Waals surface area contributed by atoms with Crippen LogP contribution in [0.2, 0.25) is 0 Å². The number of rotatable bonds is 2. The Morgan fingerprint density at radius 3 is 2.29 bits per heavy atom. The number of nitrogens with zero attached hydrogens (tertiary/aromatic N) is 1. The fourth-order valence-corrected chi connectivity index (χ4v) is 1.17. The Morgan fingerprint density at radius 2 is 1.76 bits per heavy atom.